The van der Waals surface area contributed by atoms with Crippen LogP contribution in [0, 0.1) is 6.92 Å². The third-order valence-electron chi connectivity index (χ3n) is 1.23. The van der Waals surface area contributed by atoms with Crippen molar-refractivity contribution in [3.63, 3.8) is 0 Å². The highest BCUT2D eigenvalue weighted by atomic mass is 16.5. The first-order valence-corrected chi connectivity index (χ1v) is 3.16. The summed E-state index contributed by atoms with van der Waals surface area (Å²) in [5, 5.41) is 13.0. The molecule has 1 N–H and O–H groups in total. The van der Waals surface area contributed by atoms with E-state index in [9.17, 15) is 5.11 Å². The number of aryl methyl sites for hydroxylation is 1. The summed E-state index contributed by atoms with van der Waals surface area (Å²) >= 11 is 0. The van der Waals surface area contributed by atoms with Crippen LogP contribution in [0.2, 0.25) is 0 Å². The van der Waals surface area contributed by atoms with Gasteiger partial charge in [0.25, 0.3) is 0 Å². The Bertz CT molecular complexity index is 222. The van der Waals surface area contributed by atoms with Crippen molar-refractivity contribution in [2.45, 2.75) is 26.4 Å². The van der Waals surface area contributed by atoms with Gasteiger partial charge in [-0.25, -0.2) is 0 Å². The Balaban J connectivity index is 2.96. The van der Waals surface area contributed by atoms with Gasteiger partial charge >= 0.3 is 0 Å². The summed E-state index contributed by atoms with van der Waals surface area (Å²) in [6.07, 6.45) is 0. The zero-order valence-electron chi connectivity index (χ0n) is 6.38. The largest absolute Gasteiger partial charge is 0.382 e. The highest BCUT2D eigenvalue weighted by Crippen LogP contribution is 2.19. The van der Waals surface area contributed by atoms with E-state index in [0.717, 1.165) is 5.69 Å². The third kappa shape index (κ3) is 1.36. The van der Waals surface area contributed by atoms with Crippen LogP contribution in [0.3, 0.4) is 0 Å². The molecule has 0 fully saturated rings. The predicted octanol–water partition coefficient (Wildman–Crippen LogP) is 1.21. The molecule has 1 aromatic heterocycles. The first kappa shape index (κ1) is 7.28. The lowest BCUT2D eigenvalue weighted by molar-refractivity contribution is 0.0475. The number of hydrogen-bond acceptors (Lipinski definition) is 3. The Morgan fingerprint density at radius 3 is 2.40 bits per heavy atom. The number of aromatic nitrogens is 1. The molecule has 0 unspecified atom stereocenters. The van der Waals surface area contributed by atoms with Crippen molar-refractivity contribution in [1.29, 1.82) is 0 Å². The second-order valence-electron chi connectivity index (χ2n) is 2.89. The van der Waals surface area contributed by atoms with Crippen molar-refractivity contribution in [1.82, 2.24) is 5.16 Å². The van der Waals surface area contributed by atoms with E-state index in [-0.39, 0.29) is 0 Å². The Hall–Kier alpha value is -0.830. The standard InChI is InChI=1S/C7H11NO2/c1-5-4-6(10-8-5)7(2,3)9/h4,9H,1-3H3. The molecule has 0 aromatic carbocycles. The van der Waals surface area contributed by atoms with Crippen LogP contribution in [0.1, 0.15) is 25.3 Å². The quantitative estimate of drug-likeness (QED) is 0.639. The fourth-order valence-corrected chi connectivity index (χ4v) is 0.652. The Labute approximate surface area is 59.7 Å². The van der Waals surface area contributed by atoms with Gasteiger partial charge in [0, 0.05) is 6.07 Å². The van der Waals surface area contributed by atoms with Gasteiger partial charge in [0.1, 0.15) is 5.60 Å². The van der Waals surface area contributed by atoms with Crippen LogP contribution in [0.4, 0.5) is 0 Å². The van der Waals surface area contributed by atoms with E-state index in [2.05, 4.69) is 5.16 Å². The molecule has 0 aliphatic rings. The van der Waals surface area contributed by atoms with Gasteiger partial charge < -0.3 is 9.63 Å². The van der Waals surface area contributed by atoms with Crippen LogP contribution in [0.15, 0.2) is 10.6 Å². The number of hydrogen-bond donors (Lipinski definition) is 1. The molecule has 0 radical (unpaired) electrons. The number of aliphatic hydroxyl groups is 1. The molecule has 0 amide bonds. The van der Waals surface area contributed by atoms with Crippen LogP contribution in [-0.4, -0.2) is 10.3 Å². The molecular formula is C7H11NO2. The molecule has 10 heavy (non-hydrogen) atoms. The van der Waals surface area contributed by atoms with Crippen LogP contribution >= 0.6 is 0 Å². The second-order valence-corrected chi connectivity index (χ2v) is 2.89. The lowest BCUT2D eigenvalue weighted by Gasteiger charge is -2.10. The molecule has 1 rings (SSSR count). The maximum Gasteiger partial charge on any atom is 0.167 e. The summed E-state index contributed by atoms with van der Waals surface area (Å²) in [5.41, 5.74) is -0.126. The fraction of sp³-hybridized carbons (Fsp3) is 0.571. The molecule has 0 aliphatic heterocycles. The molecule has 3 heteroatoms. The van der Waals surface area contributed by atoms with Crippen molar-refractivity contribution in [3.05, 3.63) is 17.5 Å². The van der Waals surface area contributed by atoms with Gasteiger partial charge in [-0.3, -0.25) is 0 Å². The molecule has 1 heterocycles. The lowest BCUT2D eigenvalue weighted by Crippen LogP contribution is -2.13. The van der Waals surface area contributed by atoms with E-state index in [1.165, 1.54) is 0 Å². The van der Waals surface area contributed by atoms with Crippen LogP contribution < -0.4 is 0 Å². The molecule has 0 atom stereocenters. The Morgan fingerprint density at radius 2 is 2.20 bits per heavy atom. The molecule has 0 saturated carbocycles. The highest BCUT2D eigenvalue weighted by molar-refractivity contribution is 5.08. The van der Waals surface area contributed by atoms with E-state index in [1.54, 1.807) is 19.9 Å². The average molecular weight is 141 g/mol. The summed E-state index contributed by atoms with van der Waals surface area (Å²) in [4.78, 5) is 0. The van der Waals surface area contributed by atoms with Crippen molar-refractivity contribution in [3.8, 4) is 0 Å². The van der Waals surface area contributed by atoms with Gasteiger partial charge in [-0.2, -0.15) is 0 Å². The minimum atomic E-state index is -0.915. The molecule has 1 aromatic rings. The molecule has 0 aliphatic carbocycles. The van der Waals surface area contributed by atoms with Crippen molar-refractivity contribution in [2.75, 3.05) is 0 Å². The highest BCUT2D eigenvalue weighted by Gasteiger charge is 2.20. The maximum absolute atomic E-state index is 9.37. The Morgan fingerprint density at radius 1 is 1.60 bits per heavy atom. The maximum atomic E-state index is 9.37. The van der Waals surface area contributed by atoms with Gasteiger partial charge in [-0.1, -0.05) is 5.16 Å². The predicted molar refractivity (Wildman–Crippen MR) is 36.5 cm³/mol. The zero-order chi connectivity index (χ0) is 7.78. The summed E-state index contributed by atoms with van der Waals surface area (Å²) in [6.45, 7) is 5.14. The van der Waals surface area contributed by atoms with Crippen molar-refractivity contribution >= 4 is 0 Å². The van der Waals surface area contributed by atoms with Crippen molar-refractivity contribution in [2.24, 2.45) is 0 Å². The first-order chi connectivity index (χ1) is 4.50. The number of nitrogens with zero attached hydrogens (tertiary/aromatic N) is 1. The minimum Gasteiger partial charge on any atom is -0.382 e. The summed E-state index contributed by atoms with van der Waals surface area (Å²) in [7, 11) is 0. The smallest absolute Gasteiger partial charge is 0.167 e. The second kappa shape index (κ2) is 2.09. The van der Waals surface area contributed by atoms with Gasteiger partial charge in [0.05, 0.1) is 5.69 Å². The monoisotopic (exact) mass is 141 g/mol. The van der Waals surface area contributed by atoms with Crippen LogP contribution in [-0.2, 0) is 5.60 Å². The third-order valence-corrected chi connectivity index (χ3v) is 1.23. The number of rotatable bonds is 1. The normalized spacial score (nSPS) is 12.0. The van der Waals surface area contributed by atoms with E-state index in [1.807, 2.05) is 6.92 Å². The van der Waals surface area contributed by atoms with E-state index in [0.29, 0.717) is 5.76 Å². The van der Waals surface area contributed by atoms with Gasteiger partial charge in [0.2, 0.25) is 0 Å². The lowest BCUT2D eigenvalue weighted by atomic mass is 10.1. The summed E-state index contributed by atoms with van der Waals surface area (Å²) in [6, 6.07) is 1.72. The van der Waals surface area contributed by atoms with E-state index in [4.69, 9.17) is 4.52 Å². The average Bonchev–Trinajstić information content (AvgIpc) is 2.11. The van der Waals surface area contributed by atoms with E-state index < -0.39 is 5.60 Å². The van der Waals surface area contributed by atoms with Crippen LogP contribution in [0.25, 0.3) is 0 Å². The summed E-state index contributed by atoms with van der Waals surface area (Å²) < 4.78 is 4.83. The fourth-order valence-electron chi connectivity index (χ4n) is 0.652. The van der Waals surface area contributed by atoms with E-state index >= 15 is 0 Å². The molecule has 0 bridgehead atoms. The van der Waals surface area contributed by atoms with Crippen molar-refractivity contribution < 1.29 is 9.63 Å². The topological polar surface area (TPSA) is 46.3 Å². The van der Waals surface area contributed by atoms with Gasteiger partial charge in [-0.05, 0) is 20.8 Å². The molecule has 56 valence electrons. The van der Waals surface area contributed by atoms with Crippen LogP contribution in [0.5, 0.6) is 0 Å². The molecular weight excluding hydrogens is 130 g/mol. The molecule has 0 spiro atoms. The van der Waals surface area contributed by atoms with Gasteiger partial charge in [0.15, 0.2) is 5.76 Å². The minimum absolute atomic E-state index is 0.505. The molecule has 0 saturated heterocycles. The molecule has 3 nitrogen and oxygen atoms in total. The Kier molecular flexibility index (Phi) is 1.52. The first-order valence-electron chi connectivity index (χ1n) is 3.16. The summed E-state index contributed by atoms with van der Waals surface area (Å²) in [5.74, 6) is 0.505. The SMILES string of the molecule is Cc1cc(C(C)(C)O)on1. The zero-order valence-corrected chi connectivity index (χ0v) is 6.38. The van der Waals surface area contributed by atoms with Gasteiger partial charge in [-0.15, -0.1) is 0 Å².